The van der Waals surface area contributed by atoms with E-state index in [4.69, 9.17) is 0 Å². The first-order valence-corrected chi connectivity index (χ1v) is 4.65. The van der Waals surface area contributed by atoms with Crippen molar-refractivity contribution in [1.82, 2.24) is 0 Å². The number of rotatable bonds is 1. The third-order valence-corrected chi connectivity index (χ3v) is 3.74. The number of aromatic carboxylic acids is 1. The van der Waals surface area contributed by atoms with Crippen LogP contribution in [0.1, 0.15) is 10.4 Å². The van der Waals surface area contributed by atoms with Crippen LogP contribution in [0.5, 0.6) is 0 Å². The Kier molecular flexibility index (Phi) is 2.89. The van der Waals surface area contributed by atoms with E-state index in [2.05, 4.69) is 15.9 Å². The van der Waals surface area contributed by atoms with Crippen molar-refractivity contribution in [2.75, 3.05) is 0 Å². The Balaban J connectivity index is 3.27. The minimum absolute atomic E-state index is 0.222. The summed E-state index contributed by atoms with van der Waals surface area (Å²) in [5.74, 6) is -1.14. The largest absolute Gasteiger partial charge is 0.545 e. The lowest BCUT2D eigenvalue weighted by atomic mass is 10.2. The highest BCUT2D eigenvalue weighted by atomic mass is 127. The van der Waals surface area contributed by atoms with Gasteiger partial charge in [-0.05, 0) is 44.6 Å². The van der Waals surface area contributed by atoms with E-state index in [-0.39, 0.29) is 5.56 Å². The first-order chi connectivity index (χ1) is 5.13. The second-order valence-electron chi connectivity index (χ2n) is 1.89. The third-order valence-electron chi connectivity index (χ3n) is 1.17. The zero-order chi connectivity index (χ0) is 8.43. The molecule has 0 N–H and O–H groups in total. The molecule has 0 saturated carbocycles. The Labute approximate surface area is 85.9 Å². The van der Waals surface area contributed by atoms with Gasteiger partial charge in [0.15, 0.2) is 0 Å². The molecule has 0 bridgehead atoms. The summed E-state index contributed by atoms with van der Waals surface area (Å²) in [4.78, 5) is 10.4. The number of carbonyl (C=O) groups excluding carboxylic acids is 1. The average molecular weight is 326 g/mol. The van der Waals surface area contributed by atoms with Gasteiger partial charge >= 0.3 is 0 Å². The molecule has 0 aliphatic carbocycles. The average Bonchev–Trinajstić information content (AvgIpc) is 1.94. The van der Waals surface area contributed by atoms with Crippen LogP contribution in [0.4, 0.5) is 0 Å². The summed E-state index contributed by atoms with van der Waals surface area (Å²) in [6.07, 6.45) is 0. The van der Waals surface area contributed by atoms with Gasteiger partial charge in [-0.3, -0.25) is 0 Å². The van der Waals surface area contributed by atoms with Crippen molar-refractivity contribution in [3.63, 3.8) is 0 Å². The summed E-state index contributed by atoms with van der Waals surface area (Å²) in [5, 5.41) is 10.4. The molecule has 4 heteroatoms. The van der Waals surface area contributed by atoms with Gasteiger partial charge < -0.3 is 9.90 Å². The van der Waals surface area contributed by atoms with Crippen LogP contribution < -0.4 is 5.11 Å². The van der Waals surface area contributed by atoms with Gasteiger partial charge in [0.25, 0.3) is 0 Å². The fourth-order valence-electron chi connectivity index (χ4n) is 0.661. The molecule has 0 amide bonds. The normalized spacial score (nSPS) is 9.64. The van der Waals surface area contributed by atoms with Gasteiger partial charge in [-0.15, -0.1) is 0 Å². The topological polar surface area (TPSA) is 40.1 Å². The van der Waals surface area contributed by atoms with Crippen molar-refractivity contribution in [3.05, 3.63) is 31.8 Å². The maximum atomic E-state index is 10.4. The fraction of sp³-hybridized carbons (Fsp3) is 0. The van der Waals surface area contributed by atoms with E-state index in [0.717, 1.165) is 4.47 Å². The van der Waals surface area contributed by atoms with Crippen molar-refractivity contribution < 1.29 is 9.90 Å². The molecule has 0 unspecified atom stereocenters. The molecular weight excluding hydrogens is 323 g/mol. The summed E-state index contributed by atoms with van der Waals surface area (Å²) in [6, 6.07) is 4.97. The predicted molar refractivity (Wildman–Crippen MR) is 51.2 cm³/mol. The maximum absolute atomic E-state index is 10.4. The molecule has 0 aliphatic rings. The van der Waals surface area contributed by atoms with E-state index in [1.165, 1.54) is 6.07 Å². The number of carboxylic acids is 1. The predicted octanol–water partition coefficient (Wildman–Crippen LogP) is 1.42. The van der Waals surface area contributed by atoms with E-state index in [9.17, 15) is 9.90 Å². The molecule has 58 valence electrons. The van der Waals surface area contributed by atoms with E-state index in [1.807, 2.05) is 22.6 Å². The van der Waals surface area contributed by atoms with Crippen LogP contribution in [0.2, 0.25) is 0 Å². The van der Waals surface area contributed by atoms with Crippen molar-refractivity contribution >= 4 is 44.5 Å². The monoisotopic (exact) mass is 325 g/mol. The highest BCUT2D eigenvalue weighted by Crippen LogP contribution is 2.21. The minimum Gasteiger partial charge on any atom is -0.545 e. The van der Waals surface area contributed by atoms with E-state index >= 15 is 0 Å². The van der Waals surface area contributed by atoms with Gasteiger partial charge in [0.2, 0.25) is 0 Å². The number of hydrogen-bond donors (Lipinski definition) is 0. The summed E-state index contributed by atoms with van der Waals surface area (Å²) in [5.41, 5.74) is 0.222. The number of benzene rings is 1. The molecule has 0 spiro atoms. The molecule has 1 aromatic carbocycles. The standard InChI is InChI=1S/C7H4BrIO2/c8-5-3-1-2-4(6(5)9)7(10)11/h1-3H,(H,10,11)/p-1. The molecule has 0 radical (unpaired) electrons. The molecule has 0 aromatic heterocycles. The Bertz CT molecular complexity index is 298. The van der Waals surface area contributed by atoms with Gasteiger partial charge in [0.05, 0.1) is 5.97 Å². The quantitative estimate of drug-likeness (QED) is 0.733. The van der Waals surface area contributed by atoms with Gasteiger partial charge in [-0.25, -0.2) is 0 Å². The van der Waals surface area contributed by atoms with Crippen molar-refractivity contribution in [2.24, 2.45) is 0 Å². The summed E-state index contributed by atoms with van der Waals surface area (Å²) in [6.45, 7) is 0. The van der Waals surface area contributed by atoms with Crippen molar-refractivity contribution in [2.45, 2.75) is 0 Å². The molecule has 1 aromatic rings. The lowest BCUT2D eigenvalue weighted by molar-refractivity contribution is -0.255. The lowest BCUT2D eigenvalue weighted by Gasteiger charge is -2.05. The van der Waals surface area contributed by atoms with Gasteiger partial charge in [-0.2, -0.15) is 0 Å². The lowest BCUT2D eigenvalue weighted by Crippen LogP contribution is -2.23. The highest BCUT2D eigenvalue weighted by molar-refractivity contribution is 14.1. The molecule has 2 nitrogen and oxygen atoms in total. The van der Waals surface area contributed by atoms with Crippen LogP contribution in [0.3, 0.4) is 0 Å². The second-order valence-corrected chi connectivity index (χ2v) is 3.82. The molecule has 0 atom stereocenters. The zero-order valence-corrected chi connectivity index (χ0v) is 9.05. The molecule has 1 rings (SSSR count). The SMILES string of the molecule is O=C([O-])c1cccc(Br)c1I. The highest BCUT2D eigenvalue weighted by Gasteiger charge is 2.02. The molecule has 0 saturated heterocycles. The van der Waals surface area contributed by atoms with Crippen LogP contribution in [-0.2, 0) is 0 Å². The summed E-state index contributed by atoms with van der Waals surface area (Å²) < 4.78 is 1.45. The first-order valence-electron chi connectivity index (χ1n) is 2.78. The van der Waals surface area contributed by atoms with E-state index < -0.39 is 5.97 Å². The van der Waals surface area contributed by atoms with Gasteiger partial charge in [0.1, 0.15) is 0 Å². The zero-order valence-electron chi connectivity index (χ0n) is 5.30. The van der Waals surface area contributed by atoms with Gasteiger partial charge in [-0.1, -0.05) is 12.1 Å². The van der Waals surface area contributed by atoms with Crippen LogP contribution in [-0.4, -0.2) is 5.97 Å². The van der Waals surface area contributed by atoms with Crippen LogP contribution in [0.25, 0.3) is 0 Å². The first kappa shape index (κ1) is 8.99. The molecule has 11 heavy (non-hydrogen) atoms. The Hall–Kier alpha value is -0.100. The smallest absolute Gasteiger partial charge is 0.0726 e. The van der Waals surface area contributed by atoms with Crippen LogP contribution >= 0.6 is 38.5 Å². The maximum Gasteiger partial charge on any atom is 0.0726 e. The Morgan fingerprint density at radius 3 is 2.64 bits per heavy atom. The Morgan fingerprint density at radius 1 is 1.55 bits per heavy atom. The van der Waals surface area contributed by atoms with Crippen molar-refractivity contribution in [3.8, 4) is 0 Å². The number of halogens is 2. The number of carbonyl (C=O) groups is 1. The molecule has 0 fully saturated rings. The fourth-order valence-corrected chi connectivity index (χ4v) is 1.61. The van der Waals surface area contributed by atoms with Crippen LogP contribution in [0.15, 0.2) is 22.7 Å². The van der Waals surface area contributed by atoms with Crippen molar-refractivity contribution in [1.29, 1.82) is 0 Å². The Morgan fingerprint density at radius 2 is 2.18 bits per heavy atom. The van der Waals surface area contributed by atoms with Crippen LogP contribution in [0, 0.1) is 3.57 Å². The molecule has 0 heterocycles. The second kappa shape index (κ2) is 3.53. The van der Waals surface area contributed by atoms with E-state index in [1.54, 1.807) is 12.1 Å². The number of hydrogen-bond acceptors (Lipinski definition) is 2. The summed E-state index contributed by atoms with van der Waals surface area (Å²) >= 11 is 5.17. The molecular formula is C7H3BrIO2-. The minimum atomic E-state index is -1.14. The van der Waals surface area contributed by atoms with Gasteiger partial charge in [0, 0.05) is 13.6 Å². The number of carboxylic acid groups (broad SMARTS) is 1. The molecule has 0 aliphatic heterocycles. The van der Waals surface area contributed by atoms with E-state index in [0.29, 0.717) is 3.57 Å². The summed E-state index contributed by atoms with van der Waals surface area (Å²) in [7, 11) is 0. The third kappa shape index (κ3) is 1.93.